The molecule has 0 radical (unpaired) electrons. The number of likely N-dealkylation sites (N-methyl/N-ethyl adjacent to an activating group) is 2. The largest absolute Gasteiger partial charge is 2.00 e. The summed E-state index contributed by atoms with van der Waals surface area (Å²) >= 11 is 0. The van der Waals surface area contributed by atoms with Crippen LogP contribution in [0.3, 0.4) is 0 Å². The molecule has 35 heavy (non-hydrogen) atoms. The number of nitrogens with one attached hydrogen (secondary N) is 2. The minimum atomic E-state index is -0.832. The first-order chi connectivity index (χ1) is 14.4. The topological polar surface area (TPSA) is 8.88 Å². The maximum Gasteiger partial charge on any atom is 2.00 e. The number of hydrogen-bond donors (Lipinski definition) is 2. The van der Waals surface area contributed by atoms with Crippen LogP contribution in [0.2, 0.25) is 118 Å². The van der Waals surface area contributed by atoms with Crippen molar-refractivity contribution < 1.29 is 9.80 Å². The van der Waals surface area contributed by atoms with E-state index < -0.39 is 45.5 Å². The van der Waals surface area contributed by atoms with Gasteiger partial charge in [0.15, 0.2) is 0 Å². The fourth-order valence-corrected chi connectivity index (χ4v) is 183. The Morgan fingerprint density at radius 2 is 0.457 bits per heavy atom. The van der Waals surface area contributed by atoms with Crippen molar-refractivity contribution in [3.63, 3.8) is 0 Å². The van der Waals surface area contributed by atoms with Gasteiger partial charge in [-0.3, -0.25) is 14.7 Å². The summed E-state index contributed by atoms with van der Waals surface area (Å²) in [5, 5.41) is 0. The first-order valence-electron chi connectivity index (χ1n) is 13.7. The van der Waals surface area contributed by atoms with Crippen molar-refractivity contribution in [3.8, 4) is 0 Å². The van der Waals surface area contributed by atoms with Crippen LogP contribution in [-0.2, 0) is 0 Å². The molecule has 0 aromatic rings. The summed E-state index contributed by atoms with van der Waals surface area (Å²) in [6.07, 6.45) is 0. The molecule has 0 aromatic carbocycles. The Bertz CT molecular complexity index is 430. The SMILES string of the molecule is C[NH+](C)CC[NH+](C)C.C[Si](C)(C)[Si-]([Si](C)(C)C)[Si](C)(C)C.C[Si](C)(C)[Si-]([Si](C)(C)C)[Si](C)(C)C.[Mg+2]. The molecule has 0 aliphatic carbocycles. The third-order valence-electron chi connectivity index (χ3n) is 5.62. The Hall–Kier alpha value is 2.42. The summed E-state index contributed by atoms with van der Waals surface area (Å²) in [6.45, 7) is 49.5. The van der Waals surface area contributed by atoms with Gasteiger partial charge >= 0.3 is 23.1 Å². The molecular formula is C24H72MgN2Si8+2. The van der Waals surface area contributed by atoms with E-state index in [9.17, 15) is 0 Å². The average molecular weight is 638 g/mol. The Morgan fingerprint density at radius 3 is 0.486 bits per heavy atom. The fraction of sp³-hybridized carbons (Fsp3) is 1.00. The van der Waals surface area contributed by atoms with E-state index in [1.165, 1.54) is 22.9 Å². The molecule has 0 rings (SSSR count). The van der Waals surface area contributed by atoms with Crippen molar-refractivity contribution >= 4 is 83.3 Å². The molecule has 0 unspecified atom stereocenters. The van der Waals surface area contributed by atoms with Gasteiger partial charge in [-0.25, -0.2) is 0 Å². The zero-order chi connectivity index (χ0) is 28.7. The van der Waals surface area contributed by atoms with Gasteiger partial charge < -0.3 is 9.80 Å². The molecule has 0 saturated heterocycles. The quantitative estimate of drug-likeness (QED) is 0.348. The second-order valence-corrected chi connectivity index (χ2v) is 90.7. The van der Waals surface area contributed by atoms with E-state index in [2.05, 4.69) is 146 Å². The summed E-state index contributed by atoms with van der Waals surface area (Å²) in [7, 11) is 3.79. The van der Waals surface area contributed by atoms with E-state index in [4.69, 9.17) is 0 Å². The minimum Gasteiger partial charge on any atom is -0.335 e. The molecule has 2 N–H and O–H groups in total. The molecule has 0 fully saturated rings. The predicted molar refractivity (Wildman–Crippen MR) is 193 cm³/mol. The predicted octanol–water partition coefficient (Wildman–Crippen LogP) is 4.36. The van der Waals surface area contributed by atoms with Crippen LogP contribution in [0.1, 0.15) is 0 Å². The van der Waals surface area contributed by atoms with Crippen LogP contribution < -0.4 is 9.80 Å². The Labute approximate surface area is 250 Å². The normalized spacial score (nSPS) is 13.9. The maximum absolute atomic E-state index is 2.61. The Morgan fingerprint density at radius 1 is 0.343 bits per heavy atom. The van der Waals surface area contributed by atoms with Crippen molar-refractivity contribution in [2.75, 3.05) is 41.3 Å². The van der Waals surface area contributed by atoms with Crippen molar-refractivity contribution in [2.24, 2.45) is 0 Å². The van der Waals surface area contributed by atoms with E-state index >= 15 is 0 Å². The number of rotatable bonds is 9. The molecule has 11 heteroatoms. The van der Waals surface area contributed by atoms with Crippen molar-refractivity contribution in [1.29, 1.82) is 0 Å². The zero-order valence-electron chi connectivity index (χ0n) is 29.1. The summed E-state index contributed by atoms with van der Waals surface area (Å²) in [5.74, 6) is 0. The van der Waals surface area contributed by atoms with Crippen LogP contribution in [0.25, 0.3) is 0 Å². The van der Waals surface area contributed by atoms with E-state index in [0.29, 0.717) is 0 Å². The van der Waals surface area contributed by atoms with E-state index in [-0.39, 0.29) is 37.8 Å². The molecule has 0 heterocycles. The second kappa shape index (κ2) is 16.6. The van der Waals surface area contributed by atoms with Crippen molar-refractivity contribution in [2.45, 2.75) is 118 Å². The van der Waals surface area contributed by atoms with Gasteiger partial charge in [0, 0.05) is 0 Å². The van der Waals surface area contributed by atoms with E-state index in [1.54, 1.807) is 0 Å². The minimum absolute atomic E-state index is 0. The number of quaternary nitrogens is 2. The van der Waals surface area contributed by atoms with Crippen LogP contribution in [0.4, 0.5) is 0 Å². The smallest absolute Gasteiger partial charge is 0.335 e. The van der Waals surface area contributed by atoms with Crippen molar-refractivity contribution in [1.82, 2.24) is 0 Å². The maximum atomic E-state index is 2.61. The van der Waals surface area contributed by atoms with Gasteiger partial charge in [0.25, 0.3) is 0 Å². The van der Waals surface area contributed by atoms with Gasteiger partial charge in [-0.05, 0) is 0 Å². The summed E-state index contributed by atoms with van der Waals surface area (Å²) < 4.78 is 0. The summed E-state index contributed by atoms with van der Waals surface area (Å²) in [4.78, 5) is 3.07. The molecule has 0 bridgehead atoms. The molecule has 210 valence electrons. The molecular weight excluding hydrogens is 565 g/mol. The van der Waals surface area contributed by atoms with Gasteiger partial charge in [0.05, 0.1) is 28.2 Å². The summed E-state index contributed by atoms with van der Waals surface area (Å²) in [5.41, 5.74) is 0. The first-order valence-corrected chi connectivity index (χ1v) is 43.7. The second-order valence-electron chi connectivity index (χ2n) is 17.2. The fourth-order valence-electron chi connectivity index (χ4n) is 7.25. The van der Waals surface area contributed by atoms with E-state index in [1.807, 2.05) is 0 Å². The van der Waals surface area contributed by atoms with Crippen LogP contribution in [0, 0.1) is 0 Å². The van der Waals surface area contributed by atoms with Gasteiger partial charge in [-0.15, -0.1) is 45.5 Å². The van der Waals surface area contributed by atoms with Gasteiger partial charge in [0.2, 0.25) is 0 Å². The molecule has 0 saturated carbocycles. The Kier molecular flexibility index (Phi) is 21.1. The average Bonchev–Trinajstić information content (AvgIpc) is 2.35. The standard InChI is InChI=1S/2C9H27Si4.C6H16N2.Mg/c2*1-11(2,3)10(12(4,5)6)13(7,8)9;1-7(2)5-6-8(3)4;/h2*1-9H3;5-6H2,1-4H3;/q2*-1;;+2/p+2. The third-order valence-corrected chi connectivity index (χ3v) is 123. The van der Waals surface area contributed by atoms with Gasteiger partial charge in [0.1, 0.15) is 13.1 Å². The first kappa shape index (κ1) is 44.4. The number of hydrogen-bond acceptors (Lipinski definition) is 0. The third kappa shape index (κ3) is 22.9. The van der Waals surface area contributed by atoms with Crippen LogP contribution in [0.5, 0.6) is 0 Å². The molecule has 0 amide bonds. The molecule has 0 aromatic heterocycles. The monoisotopic (exact) mass is 636 g/mol. The Balaban J connectivity index is -0.000000209. The molecule has 0 aliphatic heterocycles. The van der Waals surface area contributed by atoms with E-state index in [0.717, 1.165) is 0 Å². The van der Waals surface area contributed by atoms with Crippen LogP contribution in [-0.4, -0.2) is 125 Å². The van der Waals surface area contributed by atoms with Crippen LogP contribution in [0.15, 0.2) is 0 Å². The molecule has 0 spiro atoms. The van der Waals surface area contributed by atoms with Gasteiger partial charge in [-0.1, -0.05) is 118 Å². The van der Waals surface area contributed by atoms with Gasteiger partial charge in [-0.2, -0.15) is 0 Å². The summed E-state index contributed by atoms with van der Waals surface area (Å²) in [6, 6.07) is 0. The molecule has 0 aliphatic rings. The zero-order valence-corrected chi connectivity index (χ0v) is 38.5. The molecule has 2 nitrogen and oxygen atoms in total. The van der Waals surface area contributed by atoms with Crippen molar-refractivity contribution in [3.05, 3.63) is 0 Å². The van der Waals surface area contributed by atoms with Crippen LogP contribution >= 0.6 is 0 Å². The molecule has 0 atom stereocenters.